The molecule has 0 spiro atoms. The normalized spacial score (nSPS) is 10.5. The Balaban J connectivity index is 2.10. The Kier molecular flexibility index (Phi) is 4.34. The number of halogens is 2. The van der Waals surface area contributed by atoms with Gasteiger partial charge in [-0.3, -0.25) is 4.79 Å². The molecule has 4 nitrogen and oxygen atoms in total. The first-order valence-corrected chi connectivity index (χ1v) is 6.19. The van der Waals surface area contributed by atoms with Crippen molar-refractivity contribution in [1.82, 2.24) is 0 Å². The molecule has 0 atom stereocenters. The zero-order valence-corrected chi connectivity index (χ0v) is 11.3. The maximum absolute atomic E-state index is 13.0. The lowest BCUT2D eigenvalue weighted by atomic mass is 10.2. The van der Waals surface area contributed by atoms with Crippen molar-refractivity contribution in [3.05, 3.63) is 62.4 Å². The van der Waals surface area contributed by atoms with Gasteiger partial charge in [-0.2, -0.15) is 0 Å². The van der Waals surface area contributed by atoms with E-state index in [0.717, 1.165) is 12.3 Å². The Bertz CT molecular complexity index is 639. The second-order valence-electron chi connectivity index (χ2n) is 3.77. The van der Waals surface area contributed by atoms with Crippen molar-refractivity contribution in [2.45, 2.75) is 13.2 Å². The number of hydrogen-bond acceptors (Lipinski definition) is 4. The van der Waals surface area contributed by atoms with Gasteiger partial charge >= 0.3 is 0 Å². The minimum Gasteiger partial charge on any atom is -0.482 e. The lowest BCUT2D eigenvalue weighted by Gasteiger charge is -2.06. The molecule has 0 radical (unpaired) electrons. The predicted octanol–water partition coefficient (Wildman–Crippen LogP) is 2.61. The number of hydrogen-bond donors (Lipinski definition) is 1. The molecule has 1 heterocycles. The van der Waals surface area contributed by atoms with E-state index in [-0.39, 0.29) is 36.0 Å². The van der Waals surface area contributed by atoms with E-state index in [1.54, 1.807) is 12.1 Å². The van der Waals surface area contributed by atoms with Crippen molar-refractivity contribution >= 4 is 15.9 Å². The molecule has 19 heavy (non-hydrogen) atoms. The van der Waals surface area contributed by atoms with Gasteiger partial charge in [-0.1, -0.05) is 6.07 Å². The van der Waals surface area contributed by atoms with Crippen molar-refractivity contribution in [2.24, 2.45) is 0 Å². The molecular weight excluding hydrogens is 319 g/mol. The monoisotopic (exact) mass is 328 g/mol. The molecule has 0 aliphatic carbocycles. The number of aliphatic hydroxyl groups excluding tert-OH is 1. The van der Waals surface area contributed by atoms with Gasteiger partial charge in [0.15, 0.2) is 0 Å². The summed E-state index contributed by atoms with van der Waals surface area (Å²) < 4.78 is 23.6. The molecule has 2 rings (SSSR count). The van der Waals surface area contributed by atoms with Crippen molar-refractivity contribution < 1.29 is 18.7 Å². The molecule has 0 bridgehead atoms. The minimum atomic E-state index is -0.378. The van der Waals surface area contributed by atoms with Crippen LogP contribution < -0.4 is 10.2 Å². The average Bonchev–Trinajstić information content (AvgIpc) is 2.41. The Morgan fingerprint density at radius 3 is 2.79 bits per heavy atom. The lowest BCUT2D eigenvalue weighted by Crippen LogP contribution is -2.08. The lowest BCUT2D eigenvalue weighted by molar-refractivity contribution is 0.236. The summed E-state index contributed by atoms with van der Waals surface area (Å²) >= 11 is 3.07. The van der Waals surface area contributed by atoms with Crippen LogP contribution in [-0.2, 0) is 13.2 Å². The van der Waals surface area contributed by atoms with Crippen LogP contribution in [0.3, 0.4) is 0 Å². The number of rotatable bonds is 4. The second kappa shape index (κ2) is 5.99. The molecule has 1 N–H and O–H groups in total. The molecule has 0 aliphatic heterocycles. The highest BCUT2D eigenvalue weighted by molar-refractivity contribution is 9.10. The topological polar surface area (TPSA) is 59.7 Å². The fourth-order valence-electron chi connectivity index (χ4n) is 1.42. The highest BCUT2D eigenvalue weighted by Gasteiger charge is 2.06. The van der Waals surface area contributed by atoms with Crippen LogP contribution in [0, 0.1) is 5.82 Å². The maximum Gasteiger partial charge on any atom is 0.227 e. The molecule has 1 aromatic heterocycles. The van der Waals surface area contributed by atoms with Crippen molar-refractivity contribution in [1.29, 1.82) is 0 Å². The van der Waals surface area contributed by atoms with Gasteiger partial charge in [0.2, 0.25) is 11.2 Å². The predicted molar refractivity (Wildman–Crippen MR) is 69.3 cm³/mol. The molecule has 0 unspecified atom stereocenters. The van der Waals surface area contributed by atoms with Crippen molar-refractivity contribution in [3.63, 3.8) is 0 Å². The summed E-state index contributed by atoms with van der Waals surface area (Å²) in [6.45, 7) is -0.234. The first kappa shape index (κ1) is 13.8. The van der Waals surface area contributed by atoms with Crippen LogP contribution in [-0.4, -0.2) is 5.11 Å². The minimum absolute atomic E-state index is 0.0395. The highest BCUT2D eigenvalue weighted by Crippen LogP contribution is 2.18. The number of benzene rings is 1. The third-order valence-electron chi connectivity index (χ3n) is 2.39. The summed E-state index contributed by atoms with van der Waals surface area (Å²) in [6.07, 6.45) is 1.15. The zero-order chi connectivity index (χ0) is 13.8. The molecular formula is C13H10BrFO4. The summed E-state index contributed by atoms with van der Waals surface area (Å²) in [7, 11) is 0. The van der Waals surface area contributed by atoms with E-state index in [1.165, 1.54) is 6.07 Å². The molecule has 1 aromatic carbocycles. The van der Waals surface area contributed by atoms with Crippen molar-refractivity contribution in [2.75, 3.05) is 0 Å². The van der Waals surface area contributed by atoms with Crippen LogP contribution in [0.25, 0.3) is 0 Å². The third-order valence-corrected chi connectivity index (χ3v) is 2.99. The van der Waals surface area contributed by atoms with Gasteiger partial charge < -0.3 is 14.3 Å². The van der Waals surface area contributed by atoms with Gasteiger partial charge in [-0.05, 0) is 33.6 Å². The summed E-state index contributed by atoms with van der Waals surface area (Å²) in [5.41, 5.74) is 0.329. The van der Waals surface area contributed by atoms with E-state index in [4.69, 9.17) is 14.3 Å². The quantitative estimate of drug-likeness (QED) is 0.937. The van der Waals surface area contributed by atoms with E-state index < -0.39 is 0 Å². The Morgan fingerprint density at radius 1 is 1.37 bits per heavy atom. The largest absolute Gasteiger partial charge is 0.482 e. The summed E-state index contributed by atoms with van der Waals surface area (Å²) in [4.78, 5) is 11.6. The number of aliphatic hydroxyl groups is 1. The molecule has 0 aliphatic rings. The van der Waals surface area contributed by atoms with Crippen LogP contribution in [0.1, 0.15) is 11.3 Å². The van der Waals surface area contributed by atoms with E-state index in [9.17, 15) is 9.18 Å². The fraction of sp³-hybridized carbons (Fsp3) is 0.154. The van der Waals surface area contributed by atoms with E-state index in [2.05, 4.69) is 15.9 Å². The molecule has 0 saturated carbocycles. The van der Waals surface area contributed by atoms with Crippen LogP contribution >= 0.6 is 15.9 Å². The molecule has 0 fully saturated rings. The second-order valence-corrected chi connectivity index (χ2v) is 4.62. The summed E-state index contributed by atoms with van der Waals surface area (Å²) in [5, 5.41) is 8.80. The molecule has 0 saturated heterocycles. The van der Waals surface area contributed by atoms with E-state index in [1.807, 2.05) is 0 Å². The first-order chi connectivity index (χ1) is 9.10. The molecule has 0 amide bonds. The fourth-order valence-corrected chi connectivity index (χ4v) is 1.84. The summed E-state index contributed by atoms with van der Waals surface area (Å²) in [5.74, 6) is -0.157. The standard InChI is InChI=1S/C13H10BrFO4/c14-10-3-8(1-2-11(10)15)6-19-13-7-18-9(5-16)4-12(13)17/h1-4,7,16H,5-6H2. The molecule has 100 valence electrons. The van der Waals surface area contributed by atoms with E-state index in [0.29, 0.717) is 10.0 Å². The van der Waals surface area contributed by atoms with Gasteiger partial charge in [0.25, 0.3) is 0 Å². The number of ether oxygens (including phenoxy) is 1. The third kappa shape index (κ3) is 3.42. The molecule has 2 aromatic rings. The van der Waals surface area contributed by atoms with Gasteiger partial charge in [0, 0.05) is 6.07 Å². The smallest absolute Gasteiger partial charge is 0.227 e. The SMILES string of the molecule is O=c1cc(CO)occ1OCc1ccc(F)c(Br)c1. The zero-order valence-electron chi connectivity index (χ0n) is 9.73. The van der Waals surface area contributed by atoms with Crippen LogP contribution in [0.15, 0.2) is 44.2 Å². The van der Waals surface area contributed by atoms with Gasteiger partial charge in [-0.15, -0.1) is 0 Å². The highest BCUT2D eigenvalue weighted by atomic mass is 79.9. The Morgan fingerprint density at radius 2 is 2.16 bits per heavy atom. The Hall–Kier alpha value is -1.66. The van der Waals surface area contributed by atoms with Gasteiger partial charge in [-0.25, -0.2) is 4.39 Å². The average molecular weight is 329 g/mol. The summed E-state index contributed by atoms with van der Waals surface area (Å²) in [6, 6.07) is 5.60. The van der Waals surface area contributed by atoms with Crippen LogP contribution in [0.4, 0.5) is 4.39 Å². The maximum atomic E-state index is 13.0. The first-order valence-electron chi connectivity index (χ1n) is 5.39. The van der Waals surface area contributed by atoms with Crippen molar-refractivity contribution in [3.8, 4) is 5.75 Å². The van der Waals surface area contributed by atoms with Crippen LogP contribution in [0.2, 0.25) is 0 Å². The van der Waals surface area contributed by atoms with E-state index >= 15 is 0 Å². The van der Waals surface area contributed by atoms with Gasteiger partial charge in [0.1, 0.15) is 31.1 Å². The Labute approximate surface area is 116 Å². The molecule has 6 heteroatoms. The van der Waals surface area contributed by atoms with Gasteiger partial charge in [0.05, 0.1) is 4.47 Å². The van der Waals surface area contributed by atoms with Crippen LogP contribution in [0.5, 0.6) is 5.75 Å².